The fraction of sp³-hybridized carbons (Fsp3) is 0.333. The highest BCUT2D eigenvalue weighted by atomic mass is 32.1. The van der Waals surface area contributed by atoms with E-state index >= 15 is 0 Å². The number of carbonyl (C=O) groups is 2. The molecular weight excluding hydrogens is 352 g/mol. The van der Waals surface area contributed by atoms with Gasteiger partial charge in [0.05, 0.1) is 27.7 Å². The van der Waals surface area contributed by atoms with Crippen LogP contribution in [0.1, 0.15) is 42.0 Å². The minimum Gasteiger partial charge on any atom is -0.480 e. The largest absolute Gasteiger partial charge is 0.480 e. The molecule has 26 heavy (non-hydrogen) atoms. The van der Waals surface area contributed by atoms with Crippen LogP contribution in [0.2, 0.25) is 0 Å². The molecule has 0 saturated heterocycles. The van der Waals surface area contributed by atoms with Crippen LogP contribution < -0.4 is 5.32 Å². The molecule has 0 bridgehead atoms. The average Bonchev–Trinajstić information content (AvgIpc) is 3.19. The van der Waals surface area contributed by atoms with Gasteiger partial charge in [0.25, 0.3) is 5.91 Å². The van der Waals surface area contributed by atoms with Crippen molar-refractivity contribution >= 4 is 34.2 Å². The first kappa shape index (κ1) is 18.1. The third kappa shape index (κ3) is 3.32. The van der Waals surface area contributed by atoms with Crippen LogP contribution >= 0.6 is 11.3 Å². The van der Waals surface area contributed by atoms with Crippen molar-refractivity contribution in [2.45, 2.75) is 39.8 Å². The van der Waals surface area contributed by atoms with Crippen LogP contribution in [0.15, 0.2) is 24.4 Å². The smallest absolute Gasteiger partial charge is 0.325 e. The number of thiophene rings is 1. The number of carboxylic acid groups (broad SMARTS) is 1. The maximum atomic E-state index is 12.7. The number of aliphatic carboxylic acids is 1. The quantitative estimate of drug-likeness (QED) is 0.716. The Balaban J connectivity index is 2.17. The molecule has 0 spiro atoms. The van der Waals surface area contributed by atoms with Crippen molar-refractivity contribution in [2.75, 3.05) is 0 Å². The number of carboxylic acids is 1. The Morgan fingerprint density at radius 3 is 2.58 bits per heavy atom. The Kier molecular flexibility index (Phi) is 4.78. The predicted octanol–water partition coefficient (Wildman–Crippen LogP) is 3.25. The molecule has 1 amide bonds. The van der Waals surface area contributed by atoms with Gasteiger partial charge in [-0.15, -0.1) is 11.3 Å². The molecule has 0 aliphatic heterocycles. The molecule has 0 unspecified atom stereocenters. The lowest BCUT2D eigenvalue weighted by Crippen LogP contribution is -2.38. The van der Waals surface area contributed by atoms with Crippen molar-refractivity contribution in [3.05, 3.63) is 34.8 Å². The standard InChI is InChI=1S/C18H20N4O3S/c1-9(2)22-16-13(8-19-22)12(17(23)20-11(4)18(24)25)7-14(21-16)15-6-5-10(3)26-15/h5-9,11H,1-4H3,(H,20,23)(H,24,25)/t11-/m0/s1. The summed E-state index contributed by atoms with van der Waals surface area (Å²) in [5, 5.41) is 16.5. The number of nitrogens with one attached hydrogen (secondary N) is 1. The summed E-state index contributed by atoms with van der Waals surface area (Å²) in [6.45, 7) is 7.41. The Labute approximate surface area is 154 Å². The van der Waals surface area contributed by atoms with Crippen LogP contribution in [0, 0.1) is 6.92 Å². The van der Waals surface area contributed by atoms with Gasteiger partial charge >= 0.3 is 5.97 Å². The molecule has 7 nitrogen and oxygen atoms in total. The summed E-state index contributed by atoms with van der Waals surface area (Å²) in [4.78, 5) is 30.6. The lowest BCUT2D eigenvalue weighted by atomic mass is 10.1. The number of aryl methyl sites for hydroxylation is 1. The molecule has 3 aromatic heterocycles. The third-order valence-corrected chi connectivity index (χ3v) is 5.03. The monoisotopic (exact) mass is 372 g/mol. The molecule has 3 aromatic rings. The number of pyridine rings is 1. The number of amides is 1. The van der Waals surface area contributed by atoms with E-state index in [9.17, 15) is 9.59 Å². The second-order valence-electron chi connectivity index (χ2n) is 6.42. The molecule has 0 aliphatic rings. The fourth-order valence-electron chi connectivity index (χ4n) is 2.62. The van der Waals surface area contributed by atoms with Gasteiger partial charge < -0.3 is 10.4 Å². The van der Waals surface area contributed by atoms with E-state index in [2.05, 4.69) is 10.4 Å². The number of hydrogen-bond acceptors (Lipinski definition) is 5. The molecule has 2 N–H and O–H groups in total. The molecule has 8 heteroatoms. The summed E-state index contributed by atoms with van der Waals surface area (Å²) in [6.07, 6.45) is 1.60. The van der Waals surface area contributed by atoms with E-state index in [-0.39, 0.29) is 6.04 Å². The first-order valence-corrected chi connectivity index (χ1v) is 9.08. The molecule has 0 aromatic carbocycles. The lowest BCUT2D eigenvalue weighted by Gasteiger charge is -2.12. The number of rotatable bonds is 5. The molecule has 0 saturated carbocycles. The zero-order valence-corrected chi connectivity index (χ0v) is 15.8. The van der Waals surface area contributed by atoms with E-state index in [0.29, 0.717) is 22.3 Å². The van der Waals surface area contributed by atoms with Crippen molar-refractivity contribution in [2.24, 2.45) is 0 Å². The van der Waals surface area contributed by atoms with Gasteiger partial charge in [0.15, 0.2) is 5.65 Å². The average molecular weight is 372 g/mol. The molecule has 1 atom stereocenters. The molecular formula is C18H20N4O3S. The van der Waals surface area contributed by atoms with Crippen LogP contribution in [-0.2, 0) is 4.79 Å². The topological polar surface area (TPSA) is 97.1 Å². The van der Waals surface area contributed by atoms with Gasteiger partial charge in [-0.3, -0.25) is 9.59 Å². The van der Waals surface area contributed by atoms with Crippen LogP contribution in [0.5, 0.6) is 0 Å². The summed E-state index contributed by atoms with van der Waals surface area (Å²) in [5.41, 5.74) is 1.65. The second kappa shape index (κ2) is 6.87. The van der Waals surface area contributed by atoms with Gasteiger partial charge in [-0.05, 0) is 45.9 Å². The number of nitrogens with zero attached hydrogens (tertiary/aromatic N) is 3. The van der Waals surface area contributed by atoms with Gasteiger partial charge in [0, 0.05) is 10.9 Å². The first-order chi connectivity index (χ1) is 12.3. The van der Waals surface area contributed by atoms with Crippen molar-refractivity contribution < 1.29 is 14.7 Å². The summed E-state index contributed by atoms with van der Waals surface area (Å²) >= 11 is 1.59. The molecule has 3 rings (SSSR count). The zero-order chi connectivity index (χ0) is 19.0. The van der Waals surface area contributed by atoms with Crippen LogP contribution in [0.3, 0.4) is 0 Å². The van der Waals surface area contributed by atoms with Gasteiger partial charge in [0.2, 0.25) is 0 Å². The van der Waals surface area contributed by atoms with Gasteiger partial charge in [-0.2, -0.15) is 5.10 Å². The predicted molar refractivity (Wildman–Crippen MR) is 101 cm³/mol. The number of fused-ring (bicyclic) bond motifs is 1. The zero-order valence-electron chi connectivity index (χ0n) is 15.0. The number of aromatic nitrogens is 3. The first-order valence-electron chi connectivity index (χ1n) is 8.26. The van der Waals surface area contributed by atoms with E-state index < -0.39 is 17.9 Å². The normalized spacial score (nSPS) is 12.5. The summed E-state index contributed by atoms with van der Waals surface area (Å²) < 4.78 is 1.76. The molecule has 136 valence electrons. The lowest BCUT2D eigenvalue weighted by molar-refractivity contribution is -0.138. The highest BCUT2D eigenvalue weighted by Crippen LogP contribution is 2.30. The van der Waals surface area contributed by atoms with Crippen molar-refractivity contribution in [3.63, 3.8) is 0 Å². The van der Waals surface area contributed by atoms with E-state index in [1.54, 1.807) is 28.3 Å². The van der Waals surface area contributed by atoms with Crippen LogP contribution in [0.4, 0.5) is 0 Å². The van der Waals surface area contributed by atoms with Crippen LogP contribution in [0.25, 0.3) is 21.6 Å². The molecule has 0 aliphatic carbocycles. The Morgan fingerprint density at radius 1 is 1.27 bits per heavy atom. The Bertz CT molecular complexity index is 990. The number of hydrogen-bond donors (Lipinski definition) is 2. The minimum atomic E-state index is -1.09. The molecule has 0 fully saturated rings. The van der Waals surface area contributed by atoms with E-state index in [1.807, 2.05) is 32.9 Å². The second-order valence-corrected chi connectivity index (χ2v) is 7.71. The fourth-order valence-corrected chi connectivity index (χ4v) is 3.45. The highest BCUT2D eigenvalue weighted by molar-refractivity contribution is 7.15. The van der Waals surface area contributed by atoms with Gasteiger partial charge in [-0.25, -0.2) is 9.67 Å². The summed E-state index contributed by atoms with van der Waals surface area (Å²) in [7, 11) is 0. The van der Waals surface area contributed by atoms with E-state index in [4.69, 9.17) is 10.1 Å². The third-order valence-electron chi connectivity index (χ3n) is 4.01. The molecule has 0 radical (unpaired) electrons. The van der Waals surface area contributed by atoms with Crippen molar-refractivity contribution in [1.82, 2.24) is 20.1 Å². The van der Waals surface area contributed by atoms with E-state index in [0.717, 1.165) is 9.75 Å². The van der Waals surface area contributed by atoms with Crippen LogP contribution in [-0.4, -0.2) is 37.8 Å². The van der Waals surface area contributed by atoms with Crippen molar-refractivity contribution in [1.29, 1.82) is 0 Å². The van der Waals surface area contributed by atoms with E-state index in [1.165, 1.54) is 6.92 Å². The minimum absolute atomic E-state index is 0.0779. The maximum absolute atomic E-state index is 12.7. The molecule has 3 heterocycles. The summed E-state index contributed by atoms with van der Waals surface area (Å²) in [5.74, 6) is -1.54. The Hall–Kier alpha value is -2.74. The summed E-state index contributed by atoms with van der Waals surface area (Å²) in [6, 6.07) is 4.75. The van der Waals surface area contributed by atoms with Gasteiger partial charge in [-0.1, -0.05) is 0 Å². The van der Waals surface area contributed by atoms with Crippen molar-refractivity contribution in [3.8, 4) is 10.6 Å². The highest BCUT2D eigenvalue weighted by Gasteiger charge is 2.21. The SMILES string of the molecule is Cc1ccc(-c2cc(C(=O)N[C@@H](C)C(=O)O)c3cnn(C(C)C)c3n2)s1. The maximum Gasteiger partial charge on any atom is 0.325 e. The Morgan fingerprint density at radius 2 is 2.00 bits per heavy atom. The number of carbonyl (C=O) groups excluding carboxylic acids is 1. The van der Waals surface area contributed by atoms with Gasteiger partial charge in [0.1, 0.15) is 6.04 Å².